The summed E-state index contributed by atoms with van der Waals surface area (Å²) in [5.41, 5.74) is 1.35. The van der Waals surface area contributed by atoms with Gasteiger partial charge in [0.05, 0.1) is 0 Å². The van der Waals surface area contributed by atoms with Crippen molar-refractivity contribution in [3.63, 3.8) is 0 Å². The Morgan fingerprint density at radius 3 is 2.46 bits per heavy atom. The second-order valence-corrected chi connectivity index (χ2v) is 6.83. The van der Waals surface area contributed by atoms with Crippen molar-refractivity contribution in [3.05, 3.63) is 35.4 Å². The number of hydrogen-bond acceptors (Lipinski definition) is 5. The Hall–Kier alpha value is -2.90. The Morgan fingerprint density at radius 1 is 1.14 bits per heavy atom. The Balaban J connectivity index is 2.55. The average molecular weight is 391 g/mol. The van der Waals surface area contributed by atoms with Crippen LogP contribution in [0.5, 0.6) is 0 Å². The molecule has 0 radical (unpaired) electrons. The molecule has 8 nitrogen and oxygen atoms in total. The molecular weight excluding hydrogens is 362 g/mol. The van der Waals surface area contributed by atoms with Gasteiger partial charge in [-0.1, -0.05) is 44.9 Å². The Morgan fingerprint density at radius 2 is 1.86 bits per heavy atom. The zero-order chi connectivity index (χ0) is 21.1. The molecule has 3 N–H and O–H groups in total. The number of carbonyl (C=O) groups is 4. The first-order valence-electron chi connectivity index (χ1n) is 9.36. The number of urea groups is 1. The van der Waals surface area contributed by atoms with E-state index >= 15 is 0 Å². The third-order valence-electron chi connectivity index (χ3n) is 3.90. The monoisotopic (exact) mass is 391 g/mol. The van der Waals surface area contributed by atoms with E-state index < -0.39 is 36.5 Å². The smallest absolute Gasteiger partial charge is 0.329 e. The second-order valence-electron chi connectivity index (χ2n) is 6.83. The van der Waals surface area contributed by atoms with Crippen LogP contribution in [0.25, 0.3) is 0 Å². The number of rotatable bonds is 9. The van der Waals surface area contributed by atoms with E-state index in [1.54, 1.807) is 32.0 Å². The maximum atomic E-state index is 12.4. The van der Waals surface area contributed by atoms with Crippen molar-refractivity contribution >= 4 is 23.8 Å². The molecule has 1 rings (SSSR count). The van der Waals surface area contributed by atoms with Crippen LogP contribution in [0.2, 0.25) is 0 Å². The number of amides is 4. The van der Waals surface area contributed by atoms with E-state index in [9.17, 15) is 19.2 Å². The summed E-state index contributed by atoms with van der Waals surface area (Å²) in [6.45, 7) is 7.20. The number of unbranched alkanes of at least 4 members (excludes halogenated alkanes) is 1. The van der Waals surface area contributed by atoms with Gasteiger partial charge in [0, 0.05) is 12.1 Å². The fourth-order valence-electron chi connectivity index (χ4n) is 2.32. The highest BCUT2D eigenvalue weighted by atomic mass is 16.5. The molecule has 0 unspecified atom stereocenters. The fraction of sp³-hybridized carbons (Fsp3) is 0.500. The van der Waals surface area contributed by atoms with Crippen LogP contribution in [0, 0.1) is 12.8 Å². The third-order valence-corrected chi connectivity index (χ3v) is 3.90. The molecule has 0 fully saturated rings. The summed E-state index contributed by atoms with van der Waals surface area (Å²) in [6.07, 6.45) is 1.71. The zero-order valence-electron chi connectivity index (χ0n) is 16.8. The number of nitrogens with one attached hydrogen (secondary N) is 3. The molecule has 0 aliphatic rings. The van der Waals surface area contributed by atoms with Crippen LogP contribution < -0.4 is 16.0 Å². The van der Waals surface area contributed by atoms with Gasteiger partial charge < -0.3 is 15.4 Å². The van der Waals surface area contributed by atoms with Gasteiger partial charge >= 0.3 is 12.0 Å². The van der Waals surface area contributed by atoms with Gasteiger partial charge in [0.1, 0.15) is 6.04 Å². The van der Waals surface area contributed by atoms with E-state index in [1.807, 2.05) is 19.9 Å². The minimum atomic E-state index is -0.917. The number of esters is 1. The Kier molecular flexibility index (Phi) is 9.70. The topological polar surface area (TPSA) is 114 Å². The SMILES string of the molecule is CCCCNC(=O)NC(=O)COC(=O)[C@@H](NC(=O)c1cccc(C)c1)C(C)C. The third kappa shape index (κ3) is 8.20. The summed E-state index contributed by atoms with van der Waals surface area (Å²) in [5, 5.41) is 7.24. The van der Waals surface area contributed by atoms with E-state index in [-0.39, 0.29) is 5.92 Å². The van der Waals surface area contributed by atoms with Crippen LogP contribution in [0.15, 0.2) is 24.3 Å². The van der Waals surface area contributed by atoms with E-state index in [4.69, 9.17) is 4.74 Å². The number of carbonyl (C=O) groups excluding carboxylic acids is 4. The minimum absolute atomic E-state index is 0.248. The molecule has 0 saturated carbocycles. The number of ether oxygens (including phenoxy) is 1. The maximum absolute atomic E-state index is 12.4. The summed E-state index contributed by atoms with van der Waals surface area (Å²) >= 11 is 0. The van der Waals surface area contributed by atoms with Gasteiger partial charge in [-0.15, -0.1) is 0 Å². The van der Waals surface area contributed by atoms with Crippen LogP contribution >= 0.6 is 0 Å². The van der Waals surface area contributed by atoms with Crippen molar-refractivity contribution in [2.45, 2.75) is 46.6 Å². The van der Waals surface area contributed by atoms with E-state index in [1.165, 1.54) is 0 Å². The Labute approximate surface area is 165 Å². The normalized spacial score (nSPS) is 11.5. The molecule has 0 bridgehead atoms. The van der Waals surface area contributed by atoms with Gasteiger partial charge in [-0.2, -0.15) is 0 Å². The van der Waals surface area contributed by atoms with E-state index in [0.717, 1.165) is 18.4 Å². The second kappa shape index (κ2) is 11.7. The number of hydrogen-bond donors (Lipinski definition) is 3. The summed E-state index contributed by atoms with van der Waals surface area (Å²) in [6, 6.07) is 5.42. The Bertz CT molecular complexity index is 703. The van der Waals surface area contributed by atoms with Gasteiger partial charge in [0.25, 0.3) is 11.8 Å². The molecule has 0 spiro atoms. The van der Waals surface area contributed by atoms with E-state index in [0.29, 0.717) is 12.1 Å². The van der Waals surface area contributed by atoms with Crippen molar-refractivity contribution < 1.29 is 23.9 Å². The number of imide groups is 1. The van der Waals surface area contributed by atoms with Crippen LogP contribution in [-0.2, 0) is 14.3 Å². The van der Waals surface area contributed by atoms with Crippen LogP contribution in [0.1, 0.15) is 49.5 Å². The molecule has 0 aliphatic heterocycles. The molecule has 0 aliphatic carbocycles. The van der Waals surface area contributed by atoms with Crippen LogP contribution in [-0.4, -0.2) is 43.0 Å². The minimum Gasteiger partial charge on any atom is -0.454 e. The first-order chi connectivity index (χ1) is 13.2. The van der Waals surface area contributed by atoms with Gasteiger partial charge in [0.2, 0.25) is 0 Å². The van der Waals surface area contributed by atoms with Gasteiger partial charge in [-0.3, -0.25) is 14.9 Å². The van der Waals surface area contributed by atoms with E-state index in [2.05, 4.69) is 16.0 Å². The molecule has 1 aromatic rings. The highest BCUT2D eigenvalue weighted by Crippen LogP contribution is 2.08. The largest absolute Gasteiger partial charge is 0.454 e. The lowest BCUT2D eigenvalue weighted by Crippen LogP contribution is -2.47. The van der Waals surface area contributed by atoms with Gasteiger partial charge in [-0.05, 0) is 31.4 Å². The van der Waals surface area contributed by atoms with Crippen LogP contribution in [0.4, 0.5) is 4.79 Å². The molecule has 0 saturated heterocycles. The highest BCUT2D eigenvalue weighted by molar-refractivity contribution is 5.98. The summed E-state index contributed by atoms with van der Waals surface area (Å²) < 4.78 is 4.97. The van der Waals surface area contributed by atoms with Crippen molar-refractivity contribution in [1.29, 1.82) is 0 Å². The van der Waals surface area contributed by atoms with Crippen molar-refractivity contribution in [2.75, 3.05) is 13.2 Å². The lowest BCUT2D eigenvalue weighted by Gasteiger charge is -2.20. The highest BCUT2D eigenvalue weighted by Gasteiger charge is 2.27. The lowest BCUT2D eigenvalue weighted by molar-refractivity contribution is -0.151. The molecular formula is C20H29N3O5. The zero-order valence-corrected chi connectivity index (χ0v) is 16.8. The molecule has 0 heterocycles. The molecule has 154 valence electrons. The summed E-state index contributed by atoms with van der Waals surface area (Å²) in [7, 11) is 0. The molecule has 0 aromatic heterocycles. The predicted octanol–water partition coefficient (Wildman–Crippen LogP) is 1.92. The lowest BCUT2D eigenvalue weighted by atomic mass is 10.0. The standard InChI is InChI=1S/C20H29N3O5/c1-5-6-10-21-20(27)22-16(24)12-28-19(26)17(13(2)3)23-18(25)15-9-7-8-14(4)11-15/h7-9,11,13,17H,5-6,10,12H2,1-4H3,(H,23,25)(H2,21,22,24,27)/t17-/m0/s1. The van der Waals surface area contributed by atoms with Gasteiger partial charge in [-0.25, -0.2) is 9.59 Å². The molecule has 1 aromatic carbocycles. The summed E-state index contributed by atoms with van der Waals surface area (Å²) in [4.78, 5) is 47.9. The first kappa shape index (κ1) is 23.1. The predicted molar refractivity (Wildman–Crippen MR) is 105 cm³/mol. The number of aryl methyl sites for hydroxylation is 1. The molecule has 1 atom stereocenters. The first-order valence-corrected chi connectivity index (χ1v) is 9.36. The molecule has 28 heavy (non-hydrogen) atoms. The summed E-state index contributed by atoms with van der Waals surface area (Å²) in [5.74, 6) is -2.13. The maximum Gasteiger partial charge on any atom is 0.329 e. The average Bonchev–Trinajstić information content (AvgIpc) is 2.63. The fourth-order valence-corrected chi connectivity index (χ4v) is 2.32. The number of benzene rings is 1. The molecule has 4 amide bonds. The van der Waals surface area contributed by atoms with Crippen molar-refractivity contribution in [3.8, 4) is 0 Å². The van der Waals surface area contributed by atoms with Gasteiger partial charge in [0.15, 0.2) is 6.61 Å². The molecule has 8 heteroatoms. The van der Waals surface area contributed by atoms with Crippen LogP contribution in [0.3, 0.4) is 0 Å². The van der Waals surface area contributed by atoms with Crippen molar-refractivity contribution in [2.24, 2.45) is 5.92 Å². The van der Waals surface area contributed by atoms with Crippen molar-refractivity contribution in [1.82, 2.24) is 16.0 Å². The quantitative estimate of drug-likeness (QED) is 0.440.